The number of aromatic nitrogens is 3. The Labute approximate surface area is 213 Å². The molecule has 0 unspecified atom stereocenters. The Kier molecular flexibility index (Phi) is 5.56. The molecular formula is C29H28N3O5+. The van der Waals surface area contributed by atoms with Gasteiger partial charge in [-0.2, -0.15) is 0 Å². The molecule has 3 aromatic heterocycles. The fourth-order valence-corrected chi connectivity index (χ4v) is 5.49. The molecule has 0 amide bonds. The fraction of sp³-hybridized carbons (Fsp3) is 0.310. The first-order valence-electron chi connectivity index (χ1n) is 12.6. The Balaban J connectivity index is 1.41. The standard InChI is InChI=1S/C29H28N3O5/c1-3-19-20-14-18(36-13-12-31-10-6-5-7-11-31)8-9-24(20)30-26-21(19)16-32-25(26)15-23-22(27(32)33)17-37-28(34)29(23,35)4-2/h5-11,14-15,35H,3-4,12-13,16-17H2,1-2H3/q+1/t29-/m0/s1. The average Bonchev–Trinajstić information content (AvgIpc) is 3.29. The molecule has 8 nitrogen and oxygen atoms in total. The molecule has 37 heavy (non-hydrogen) atoms. The molecule has 2 aliphatic rings. The van der Waals surface area contributed by atoms with Crippen molar-refractivity contribution in [3.05, 3.63) is 87.5 Å². The van der Waals surface area contributed by atoms with Crippen molar-refractivity contribution in [3.63, 3.8) is 0 Å². The molecule has 6 rings (SSSR count). The monoisotopic (exact) mass is 498 g/mol. The minimum Gasteiger partial charge on any atom is -0.487 e. The molecule has 0 saturated carbocycles. The van der Waals surface area contributed by atoms with Gasteiger partial charge in [0.05, 0.1) is 29.0 Å². The summed E-state index contributed by atoms with van der Waals surface area (Å²) >= 11 is 0. The predicted molar refractivity (Wildman–Crippen MR) is 136 cm³/mol. The van der Waals surface area contributed by atoms with Crippen LogP contribution >= 0.6 is 0 Å². The van der Waals surface area contributed by atoms with Crippen LogP contribution in [0.2, 0.25) is 0 Å². The second-order valence-electron chi connectivity index (χ2n) is 9.51. The van der Waals surface area contributed by atoms with Crippen molar-refractivity contribution in [1.82, 2.24) is 9.55 Å². The third-order valence-corrected chi connectivity index (χ3v) is 7.53. The maximum Gasteiger partial charge on any atom is 0.343 e. The number of hydrogen-bond acceptors (Lipinski definition) is 6. The highest BCUT2D eigenvalue weighted by Gasteiger charge is 2.45. The number of carbonyl (C=O) groups excluding carboxylic acids is 1. The maximum atomic E-state index is 13.5. The molecule has 5 heterocycles. The molecule has 4 aromatic rings. The number of nitrogens with zero attached hydrogens (tertiary/aromatic N) is 3. The van der Waals surface area contributed by atoms with Gasteiger partial charge in [0.15, 0.2) is 24.5 Å². The highest BCUT2D eigenvalue weighted by molar-refractivity contribution is 5.90. The van der Waals surface area contributed by atoms with E-state index in [9.17, 15) is 14.7 Å². The van der Waals surface area contributed by atoms with Crippen LogP contribution in [0.25, 0.3) is 22.3 Å². The summed E-state index contributed by atoms with van der Waals surface area (Å²) in [7, 11) is 0. The van der Waals surface area contributed by atoms with E-state index < -0.39 is 11.6 Å². The normalized spacial score (nSPS) is 17.8. The zero-order valence-corrected chi connectivity index (χ0v) is 20.9. The Hall–Kier alpha value is -4.04. The molecule has 2 aliphatic heterocycles. The van der Waals surface area contributed by atoms with Gasteiger partial charge in [0, 0.05) is 28.6 Å². The van der Waals surface area contributed by atoms with Crippen molar-refractivity contribution < 1.29 is 23.9 Å². The van der Waals surface area contributed by atoms with Crippen molar-refractivity contribution in [2.45, 2.75) is 52.0 Å². The first-order chi connectivity index (χ1) is 17.9. The predicted octanol–water partition coefficient (Wildman–Crippen LogP) is 3.01. The zero-order valence-electron chi connectivity index (χ0n) is 20.9. The highest BCUT2D eigenvalue weighted by Crippen LogP contribution is 2.40. The van der Waals surface area contributed by atoms with Gasteiger partial charge in [-0.25, -0.2) is 14.3 Å². The van der Waals surface area contributed by atoms with Gasteiger partial charge in [-0.1, -0.05) is 19.9 Å². The summed E-state index contributed by atoms with van der Waals surface area (Å²) in [6, 6.07) is 13.6. The third-order valence-electron chi connectivity index (χ3n) is 7.53. The van der Waals surface area contributed by atoms with Crippen LogP contribution < -0.4 is 14.9 Å². The lowest BCUT2D eigenvalue weighted by Gasteiger charge is -2.31. The van der Waals surface area contributed by atoms with Gasteiger partial charge in [0.2, 0.25) is 0 Å². The molecule has 1 atom stereocenters. The van der Waals surface area contributed by atoms with Crippen LogP contribution in [0.5, 0.6) is 5.75 Å². The van der Waals surface area contributed by atoms with E-state index in [2.05, 4.69) is 11.5 Å². The number of aliphatic hydroxyl groups is 1. The van der Waals surface area contributed by atoms with Crippen LogP contribution in [0.4, 0.5) is 0 Å². The quantitative estimate of drug-likeness (QED) is 0.286. The number of carbonyl (C=O) groups is 1. The lowest BCUT2D eigenvalue weighted by molar-refractivity contribution is -0.697. The first-order valence-corrected chi connectivity index (χ1v) is 12.6. The molecule has 0 radical (unpaired) electrons. The summed E-state index contributed by atoms with van der Waals surface area (Å²) in [6.45, 7) is 5.32. The molecular weight excluding hydrogens is 470 g/mol. The number of rotatable bonds is 6. The fourth-order valence-electron chi connectivity index (χ4n) is 5.49. The molecule has 0 spiro atoms. The van der Waals surface area contributed by atoms with Crippen LogP contribution in [0.3, 0.4) is 0 Å². The summed E-state index contributed by atoms with van der Waals surface area (Å²) in [6.07, 6.45) is 4.89. The topological polar surface area (TPSA) is 94.5 Å². The van der Waals surface area contributed by atoms with E-state index in [4.69, 9.17) is 14.5 Å². The Bertz CT molecular complexity index is 1610. The largest absolute Gasteiger partial charge is 0.487 e. The molecule has 0 fully saturated rings. The molecule has 1 aromatic carbocycles. The summed E-state index contributed by atoms with van der Waals surface area (Å²) in [5.41, 5.74) is 2.82. The van der Waals surface area contributed by atoms with Crippen LogP contribution in [0.1, 0.15) is 42.5 Å². The van der Waals surface area contributed by atoms with Crippen LogP contribution in [-0.2, 0) is 41.2 Å². The SMILES string of the molecule is CCc1c2c(nc3ccc(OCC[n+]4ccccc4)cc13)-c1cc3c(c(=O)n1C2)COC(=O)[C@]3(O)CC. The first kappa shape index (κ1) is 23.4. The lowest BCUT2D eigenvalue weighted by Crippen LogP contribution is -2.44. The molecule has 8 heteroatoms. The van der Waals surface area contributed by atoms with E-state index >= 15 is 0 Å². The summed E-state index contributed by atoms with van der Waals surface area (Å²) in [5, 5.41) is 12.1. The maximum absolute atomic E-state index is 13.5. The van der Waals surface area contributed by atoms with Crippen molar-refractivity contribution in [2.75, 3.05) is 6.61 Å². The molecule has 1 N–H and O–H groups in total. The number of esters is 1. The summed E-state index contributed by atoms with van der Waals surface area (Å²) in [4.78, 5) is 30.8. The van der Waals surface area contributed by atoms with E-state index in [1.807, 2.05) is 48.8 Å². The van der Waals surface area contributed by atoms with Gasteiger partial charge in [0.1, 0.15) is 19.0 Å². The number of fused-ring (bicyclic) bond motifs is 5. The molecule has 0 saturated heterocycles. The Morgan fingerprint density at radius 2 is 1.95 bits per heavy atom. The van der Waals surface area contributed by atoms with Gasteiger partial charge >= 0.3 is 5.97 Å². The molecule has 0 bridgehead atoms. The second-order valence-corrected chi connectivity index (χ2v) is 9.51. The number of hydrogen-bond donors (Lipinski definition) is 1. The van der Waals surface area contributed by atoms with E-state index in [1.165, 1.54) is 0 Å². The number of ether oxygens (including phenoxy) is 2. The van der Waals surface area contributed by atoms with E-state index in [1.54, 1.807) is 17.6 Å². The van der Waals surface area contributed by atoms with E-state index in [-0.39, 0.29) is 18.6 Å². The summed E-state index contributed by atoms with van der Waals surface area (Å²) in [5.74, 6) is 0.0521. The van der Waals surface area contributed by atoms with Gasteiger partial charge in [-0.05, 0) is 42.7 Å². The van der Waals surface area contributed by atoms with Crippen LogP contribution in [0.15, 0.2) is 59.7 Å². The Morgan fingerprint density at radius 1 is 1.14 bits per heavy atom. The van der Waals surface area contributed by atoms with E-state index in [0.29, 0.717) is 30.0 Å². The van der Waals surface area contributed by atoms with Crippen molar-refractivity contribution in [1.29, 1.82) is 0 Å². The lowest BCUT2D eigenvalue weighted by atomic mass is 9.86. The third kappa shape index (κ3) is 3.62. The number of aryl methyl sites for hydroxylation is 1. The zero-order chi connectivity index (χ0) is 25.7. The van der Waals surface area contributed by atoms with Crippen molar-refractivity contribution in [2.24, 2.45) is 0 Å². The van der Waals surface area contributed by atoms with E-state index in [0.717, 1.165) is 46.4 Å². The second kappa shape index (κ2) is 8.81. The summed E-state index contributed by atoms with van der Waals surface area (Å²) < 4.78 is 15.0. The van der Waals surface area contributed by atoms with Crippen LogP contribution in [0, 0.1) is 0 Å². The van der Waals surface area contributed by atoms with Crippen molar-refractivity contribution in [3.8, 4) is 17.1 Å². The smallest absolute Gasteiger partial charge is 0.343 e. The van der Waals surface area contributed by atoms with Crippen molar-refractivity contribution >= 4 is 16.9 Å². The Morgan fingerprint density at radius 3 is 2.70 bits per heavy atom. The molecule has 0 aliphatic carbocycles. The minimum atomic E-state index is -1.83. The van der Waals surface area contributed by atoms with Crippen LogP contribution in [-0.4, -0.2) is 27.2 Å². The van der Waals surface area contributed by atoms with Gasteiger partial charge in [0.25, 0.3) is 5.56 Å². The number of pyridine rings is 3. The average molecular weight is 499 g/mol. The number of benzene rings is 1. The van der Waals surface area contributed by atoms with Gasteiger partial charge < -0.3 is 19.1 Å². The number of cyclic esters (lactones) is 1. The molecule has 188 valence electrons. The highest BCUT2D eigenvalue weighted by atomic mass is 16.6. The van der Waals surface area contributed by atoms with Gasteiger partial charge in [-0.15, -0.1) is 0 Å². The van der Waals surface area contributed by atoms with Gasteiger partial charge in [-0.3, -0.25) is 4.79 Å². The minimum absolute atomic E-state index is 0.117.